The zero-order valence-electron chi connectivity index (χ0n) is 9.48. The number of hydrogen-bond donors (Lipinski definition) is 3. The van der Waals surface area contributed by atoms with Crippen LogP contribution in [-0.4, -0.2) is 67.3 Å². The fraction of sp³-hybridized carbons (Fsp3) is 1.00. The van der Waals surface area contributed by atoms with Gasteiger partial charge in [0, 0.05) is 0 Å². The van der Waals surface area contributed by atoms with E-state index in [0.29, 0.717) is 0 Å². The Balaban J connectivity index is -0.0000000700. The number of rotatable bonds is 3. The molecule has 0 radical (unpaired) electrons. The van der Waals surface area contributed by atoms with Crippen molar-refractivity contribution in [1.29, 1.82) is 0 Å². The van der Waals surface area contributed by atoms with E-state index in [0.717, 1.165) is 11.0 Å². The number of hydrogen-bond acceptors (Lipinski definition) is 3. The number of likely N-dealkylation sites (N-methyl/N-ethyl adjacent to an activating group) is 1. The second-order valence-corrected chi connectivity index (χ2v) is 11.3. The van der Waals surface area contributed by atoms with Crippen LogP contribution >= 0.6 is 29.1 Å². The van der Waals surface area contributed by atoms with Crippen molar-refractivity contribution in [2.75, 3.05) is 47.5 Å². The molecule has 9 heteroatoms. The van der Waals surface area contributed by atoms with Gasteiger partial charge in [0.1, 0.15) is 6.54 Å². The van der Waals surface area contributed by atoms with E-state index in [1.165, 1.54) is 0 Å². The molecule has 107 valence electrons. The molecule has 16 heavy (non-hydrogen) atoms. The van der Waals surface area contributed by atoms with Gasteiger partial charge in [0.2, 0.25) is 0 Å². The first-order chi connectivity index (χ1) is 6.71. The van der Waals surface area contributed by atoms with Gasteiger partial charge in [-0.05, 0) is 0 Å². The van der Waals surface area contributed by atoms with Gasteiger partial charge in [-0.25, -0.2) is 0 Å². The predicted molar refractivity (Wildman–Crippen MR) is 61.7 cm³/mol. The van der Waals surface area contributed by atoms with E-state index in [9.17, 15) is 0 Å². The van der Waals surface area contributed by atoms with Crippen molar-refractivity contribution >= 4 is 29.1 Å². The van der Waals surface area contributed by atoms with Crippen molar-refractivity contribution in [2.24, 2.45) is 0 Å². The second-order valence-electron chi connectivity index (χ2n) is 3.34. The van der Waals surface area contributed by atoms with Gasteiger partial charge >= 0.3 is 42.1 Å². The van der Waals surface area contributed by atoms with E-state index in [4.69, 9.17) is 44.4 Å². The molecule has 0 aliphatic carbocycles. The molecule has 0 saturated heterocycles. The third-order valence-electron chi connectivity index (χ3n) is 0.871. The fourth-order valence-corrected chi connectivity index (χ4v) is 0.300. The summed E-state index contributed by atoms with van der Waals surface area (Å²) in [4.78, 5) is 0. The molecular formula is C7H20Cl4NO3Ru. The Morgan fingerprint density at radius 3 is 1.12 bits per heavy atom. The van der Waals surface area contributed by atoms with Crippen LogP contribution in [0.25, 0.3) is 0 Å². The van der Waals surface area contributed by atoms with Crippen LogP contribution in [0.15, 0.2) is 0 Å². The first-order valence-electron chi connectivity index (χ1n) is 4.01. The molecule has 0 aromatic carbocycles. The molecule has 0 heterocycles. The summed E-state index contributed by atoms with van der Waals surface area (Å²) in [6.45, 7) is 0.865. The fourth-order valence-electron chi connectivity index (χ4n) is 0.300. The van der Waals surface area contributed by atoms with Gasteiger partial charge in [0.15, 0.2) is 0 Å². The van der Waals surface area contributed by atoms with Gasteiger partial charge in [-0.3, -0.25) is 0 Å². The summed E-state index contributed by atoms with van der Waals surface area (Å²) in [6, 6.07) is 0. The average Bonchev–Trinajstić information content (AvgIpc) is 2.01. The Bertz CT molecular complexity index is 112. The van der Waals surface area contributed by atoms with E-state index in [1.54, 1.807) is 0 Å². The summed E-state index contributed by atoms with van der Waals surface area (Å²) in [5.74, 6) is 0. The third kappa shape index (κ3) is 76.2. The van der Waals surface area contributed by atoms with Crippen LogP contribution in [0.4, 0.5) is 0 Å². The van der Waals surface area contributed by atoms with Gasteiger partial charge in [0.05, 0.1) is 41.0 Å². The van der Waals surface area contributed by atoms with E-state index < -0.39 is 13.0 Å². The normalized spacial score (nSPS) is 9.94. The quantitative estimate of drug-likeness (QED) is 0.364. The van der Waals surface area contributed by atoms with Gasteiger partial charge in [-0.15, -0.1) is 0 Å². The molecule has 0 aromatic heterocycles. The van der Waals surface area contributed by atoms with Crippen LogP contribution in [0.1, 0.15) is 0 Å². The molecule has 4 nitrogen and oxygen atoms in total. The number of halogens is 4. The van der Waals surface area contributed by atoms with Gasteiger partial charge < -0.3 is 32.2 Å². The Hall–Kier alpha value is 1.62. The van der Waals surface area contributed by atoms with Crippen molar-refractivity contribution in [2.45, 2.75) is 0 Å². The molecule has 0 aromatic rings. The van der Waals surface area contributed by atoms with Gasteiger partial charge in [0.25, 0.3) is 0 Å². The number of nitrogens with zero attached hydrogens (tertiary/aromatic N) is 1. The van der Waals surface area contributed by atoms with Crippen molar-refractivity contribution in [3.8, 4) is 0 Å². The maximum absolute atomic E-state index is 8.39. The molecule has 0 aliphatic heterocycles. The molecule has 0 saturated carbocycles. The molecular weight excluding hydrogens is 389 g/mol. The summed E-state index contributed by atoms with van der Waals surface area (Å²) in [7, 11) is 21.0. The zero-order valence-corrected chi connectivity index (χ0v) is 14.2. The molecule has 0 spiro atoms. The molecule has 0 unspecified atom stereocenters. The van der Waals surface area contributed by atoms with E-state index in [2.05, 4.69) is 21.1 Å². The zero-order chi connectivity index (χ0) is 12.9. The standard InChI is InChI=1S/C5H14NO.C2H6O2.4ClH.Ru/c1-6(2,3)4-5-7;3-1-2-4;;;;;/h7H,4-5H2,1-3H3;3-4H,1-2H2;4*1H;/q+1;;;;;;+3/p-4. The number of quaternary nitrogens is 1. The van der Waals surface area contributed by atoms with Gasteiger partial charge in [-0.2, -0.15) is 0 Å². The van der Waals surface area contributed by atoms with Crippen LogP contribution in [0, 0.1) is 0 Å². The Morgan fingerprint density at radius 1 is 0.875 bits per heavy atom. The van der Waals surface area contributed by atoms with E-state index in [1.807, 2.05) is 0 Å². The van der Waals surface area contributed by atoms with E-state index in [-0.39, 0.29) is 32.2 Å². The summed E-state index contributed by atoms with van der Waals surface area (Å²) >= 11 is -1.75. The Labute approximate surface area is 121 Å². The Kier molecular flexibility index (Phi) is 31.1. The van der Waals surface area contributed by atoms with Crippen LogP contribution < -0.4 is 12.4 Å². The van der Waals surface area contributed by atoms with E-state index >= 15 is 0 Å². The minimum atomic E-state index is -1.75. The molecule has 0 fully saturated rings. The maximum atomic E-state index is 8.39. The average molecular weight is 409 g/mol. The van der Waals surface area contributed by atoms with Crippen LogP contribution in [0.5, 0.6) is 0 Å². The molecule has 3 N–H and O–H groups in total. The Morgan fingerprint density at radius 2 is 1.12 bits per heavy atom. The second kappa shape index (κ2) is 19.0. The molecule has 0 rings (SSSR count). The molecule has 0 amide bonds. The summed E-state index contributed by atoms with van der Waals surface area (Å²) in [5, 5.41) is 23.6. The number of aliphatic hydroxyl groups is 3. The monoisotopic (exact) mass is 408 g/mol. The molecule has 0 bridgehead atoms. The summed E-state index contributed by atoms with van der Waals surface area (Å²) in [6.07, 6.45) is 0. The summed E-state index contributed by atoms with van der Waals surface area (Å²) in [5.41, 5.74) is 0. The van der Waals surface area contributed by atoms with Crippen LogP contribution in [0.3, 0.4) is 0 Å². The number of aliphatic hydroxyl groups excluding tert-OH is 3. The molecule has 0 aliphatic rings. The first kappa shape index (κ1) is 26.2. The van der Waals surface area contributed by atoms with Crippen molar-refractivity contribution < 1.29 is 45.2 Å². The summed E-state index contributed by atoms with van der Waals surface area (Å²) < 4.78 is 0.844. The topological polar surface area (TPSA) is 60.7 Å². The van der Waals surface area contributed by atoms with Crippen molar-refractivity contribution in [3.05, 3.63) is 0 Å². The third-order valence-corrected chi connectivity index (χ3v) is 0.871. The van der Waals surface area contributed by atoms with Crippen LogP contribution in [0.2, 0.25) is 0 Å². The van der Waals surface area contributed by atoms with Gasteiger partial charge in [-0.1, -0.05) is 0 Å². The van der Waals surface area contributed by atoms with Crippen molar-refractivity contribution in [3.63, 3.8) is 0 Å². The SMILES string of the molecule is C[N+](C)(C)CCO.OCCO.[Cl-].[Cl][Ru]([Cl])[Cl]. The molecule has 0 atom stereocenters. The van der Waals surface area contributed by atoms with Crippen molar-refractivity contribution in [1.82, 2.24) is 0 Å². The minimum absolute atomic E-state index is 0. The van der Waals surface area contributed by atoms with Crippen LogP contribution in [-0.2, 0) is 13.0 Å². The predicted octanol–water partition coefficient (Wildman–Crippen LogP) is -2.27. The first-order valence-corrected chi connectivity index (χ1v) is 10.7.